The maximum atomic E-state index is 12.0. The first-order chi connectivity index (χ1) is 8.33. The lowest BCUT2D eigenvalue weighted by Crippen LogP contribution is -2.56. The maximum Gasteiger partial charge on any atom is 0.237 e. The van der Waals surface area contributed by atoms with E-state index in [1.165, 1.54) is 0 Å². The molecule has 0 spiro atoms. The highest BCUT2D eigenvalue weighted by molar-refractivity contribution is 5.81. The third-order valence-electron chi connectivity index (χ3n) is 3.13. The van der Waals surface area contributed by atoms with Crippen molar-refractivity contribution in [3.8, 4) is 6.07 Å². The van der Waals surface area contributed by atoms with E-state index in [1.54, 1.807) is 0 Å². The third kappa shape index (κ3) is 4.63. The van der Waals surface area contributed by atoms with Gasteiger partial charge in [-0.15, -0.1) is 0 Å². The molecule has 5 nitrogen and oxygen atoms in total. The van der Waals surface area contributed by atoms with Gasteiger partial charge in [-0.05, 0) is 27.7 Å². The summed E-state index contributed by atoms with van der Waals surface area (Å²) in [7, 11) is 0. The van der Waals surface area contributed by atoms with Crippen LogP contribution in [0.4, 0.5) is 0 Å². The Morgan fingerprint density at radius 3 is 2.33 bits per heavy atom. The van der Waals surface area contributed by atoms with Crippen LogP contribution in [0.1, 0.15) is 27.7 Å². The van der Waals surface area contributed by atoms with Gasteiger partial charge in [-0.25, -0.2) is 0 Å². The van der Waals surface area contributed by atoms with E-state index in [9.17, 15) is 4.79 Å². The molecule has 18 heavy (non-hydrogen) atoms. The summed E-state index contributed by atoms with van der Waals surface area (Å²) in [6.07, 6.45) is 0. The van der Waals surface area contributed by atoms with E-state index in [0.29, 0.717) is 6.54 Å². The summed E-state index contributed by atoms with van der Waals surface area (Å²) in [5.41, 5.74) is -0.187. The van der Waals surface area contributed by atoms with Crippen LogP contribution in [0.5, 0.6) is 0 Å². The quantitative estimate of drug-likeness (QED) is 0.740. The zero-order valence-electron chi connectivity index (χ0n) is 11.9. The van der Waals surface area contributed by atoms with E-state index in [1.807, 2.05) is 27.7 Å². The van der Waals surface area contributed by atoms with E-state index in [0.717, 1.165) is 26.2 Å². The Morgan fingerprint density at radius 1 is 1.33 bits per heavy atom. The highest BCUT2D eigenvalue weighted by Gasteiger charge is 2.27. The summed E-state index contributed by atoms with van der Waals surface area (Å²) in [4.78, 5) is 16.3. The molecule has 0 aliphatic carbocycles. The molecular formula is C13H24N4O. The minimum absolute atomic E-state index is 0.0798. The summed E-state index contributed by atoms with van der Waals surface area (Å²) < 4.78 is 0. The van der Waals surface area contributed by atoms with E-state index < -0.39 is 0 Å². The van der Waals surface area contributed by atoms with Crippen LogP contribution < -0.4 is 5.32 Å². The van der Waals surface area contributed by atoms with Crippen molar-refractivity contribution in [2.45, 2.75) is 39.3 Å². The van der Waals surface area contributed by atoms with Crippen LogP contribution in [0.2, 0.25) is 0 Å². The van der Waals surface area contributed by atoms with Gasteiger partial charge in [0.15, 0.2) is 0 Å². The highest BCUT2D eigenvalue weighted by Crippen LogP contribution is 2.08. The van der Waals surface area contributed by atoms with Gasteiger partial charge in [0, 0.05) is 31.7 Å². The lowest BCUT2D eigenvalue weighted by molar-refractivity contribution is -0.128. The Kier molecular flexibility index (Phi) is 5.12. The van der Waals surface area contributed by atoms with E-state index in [4.69, 9.17) is 5.26 Å². The average Bonchev–Trinajstić information content (AvgIpc) is 2.27. The summed E-state index contributed by atoms with van der Waals surface area (Å²) >= 11 is 0. The van der Waals surface area contributed by atoms with Crippen LogP contribution in [0.25, 0.3) is 0 Å². The Bertz CT molecular complexity index is 321. The number of carbonyl (C=O) groups excluding carboxylic acids is 1. The molecule has 1 unspecified atom stereocenters. The molecule has 0 radical (unpaired) electrons. The molecular weight excluding hydrogens is 228 g/mol. The average molecular weight is 252 g/mol. The fourth-order valence-corrected chi connectivity index (χ4v) is 2.05. The molecule has 1 atom stereocenters. The Morgan fingerprint density at radius 2 is 1.89 bits per heavy atom. The number of hydrogen-bond acceptors (Lipinski definition) is 4. The van der Waals surface area contributed by atoms with E-state index >= 15 is 0 Å². The maximum absolute atomic E-state index is 12.0. The fourth-order valence-electron chi connectivity index (χ4n) is 2.05. The Balaban J connectivity index is 2.43. The summed E-state index contributed by atoms with van der Waals surface area (Å²) in [5, 5.41) is 11.6. The molecule has 0 saturated carbocycles. The molecule has 0 aromatic carbocycles. The zero-order chi connectivity index (χ0) is 13.8. The van der Waals surface area contributed by atoms with Crippen molar-refractivity contribution in [1.29, 1.82) is 5.26 Å². The number of nitrogens with zero attached hydrogens (tertiary/aromatic N) is 3. The topological polar surface area (TPSA) is 59.4 Å². The molecule has 0 aromatic heterocycles. The summed E-state index contributed by atoms with van der Waals surface area (Å²) in [6.45, 7) is 11.8. The number of hydrogen-bond donors (Lipinski definition) is 1. The van der Waals surface area contributed by atoms with Gasteiger partial charge in [0.1, 0.15) is 0 Å². The highest BCUT2D eigenvalue weighted by atomic mass is 16.2. The van der Waals surface area contributed by atoms with Crippen LogP contribution in [-0.2, 0) is 4.79 Å². The van der Waals surface area contributed by atoms with Gasteiger partial charge in [0.25, 0.3) is 0 Å². The van der Waals surface area contributed by atoms with Crippen molar-refractivity contribution in [2.24, 2.45) is 0 Å². The van der Waals surface area contributed by atoms with Gasteiger partial charge in [-0.2, -0.15) is 5.26 Å². The molecule has 1 heterocycles. The Labute approximate surface area is 110 Å². The van der Waals surface area contributed by atoms with Gasteiger partial charge in [-0.3, -0.25) is 14.6 Å². The molecule has 102 valence electrons. The molecule has 1 fully saturated rings. The van der Waals surface area contributed by atoms with Gasteiger partial charge < -0.3 is 5.32 Å². The molecule has 1 rings (SSSR count). The Hall–Kier alpha value is -1.12. The van der Waals surface area contributed by atoms with Gasteiger partial charge in [-0.1, -0.05) is 0 Å². The molecule has 1 saturated heterocycles. The van der Waals surface area contributed by atoms with Crippen molar-refractivity contribution in [3.63, 3.8) is 0 Å². The van der Waals surface area contributed by atoms with Crippen molar-refractivity contribution >= 4 is 5.91 Å². The second-order valence-corrected chi connectivity index (χ2v) is 5.89. The number of carbonyl (C=O) groups is 1. The van der Waals surface area contributed by atoms with E-state index in [2.05, 4.69) is 21.2 Å². The van der Waals surface area contributed by atoms with Gasteiger partial charge in [0.2, 0.25) is 5.91 Å². The van der Waals surface area contributed by atoms with Crippen molar-refractivity contribution < 1.29 is 4.79 Å². The number of piperazine rings is 1. The minimum Gasteiger partial charge on any atom is -0.350 e. The minimum atomic E-state index is -0.187. The normalized spacial score (nSPS) is 20.2. The number of nitrogens with one attached hydrogen (secondary N) is 1. The van der Waals surface area contributed by atoms with E-state index in [-0.39, 0.29) is 17.5 Å². The van der Waals surface area contributed by atoms with Crippen LogP contribution in [0.15, 0.2) is 0 Å². The lowest BCUT2D eigenvalue weighted by Gasteiger charge is -2.37. The van der Waals surface area contributed by atoms with Crippen molar-refractivity contribution in [2.75, 3.05) is 32.7 Å². The molecule has 0 aromatic rings. The largest absolute Gasteiger partial charge is 0.350 e. The lowest BCUT2D eigenvalue weighted by atomic mass is 10.1. The van der Waals surface area contributed by atoms with Crippen molar-refractivity contribution in [3.05, 3.63) is 0 Å². The number of amides is 1. The second-order valence-electron chi connectivity index (χ2n) is 5.89. The first-order valence-corrected chi connectivity index (χ1v) is 6.49. The predicted molar refractivity (Wildman–Crippen MR) is 71.0 cm³/mol. The molecule has 1 aliphatic rings. The molecule has 1 amide bonds. The molecule has 5 heteroatoms. The fraction of sp³-hybridized carbons (Fsp3) is 0.846. The summed E-state index contributed by atoms with van der Waals surface area (Å²) in [6, 6.07) is 2.06. The SMILES string of the molecule is CC(C(=O)NC(C)(C)C)N1CCN(CC#N)CC1. The van der Waals surface area contributed by atoms with Gasteiger partial charge in [0.05, 0.1) is 18.7 Å². The second kappa shape index (κ2) is 6.17. The predicted octanol–water partition coefficient (Wildman–Crippen LogP) is 0.431. The first-order valence-electron chi connectivity index (χ1n) is 6.49. The summed E-state index contributed by atoms with van der Waals surface area (Å²) in [5.74, 6) is 0.0798. The third-order valence-corrected chi connectivity index (χ3v) is 3.13. The first kappa shape index (κ1) is 14.9. The molecule has 0 bridgehead atoms. The van der Waals surface area contributed by atoms with Crippen molar-refractivity contribution in [1.82, 2.24) is 15.1 Å². The standard InChI is InChI=1S/C13H24N4O/c1-11(12(18)15-13(2,3)4)17-9-7-16(6-5-14)8-10-17/h11H,6-10H2,1-4H3,(H,15,18). The van der Waals surface area contributed by atoms with Crippen LogP contribution in [0, 0.1) is 11.3 Å². The van der Waals surface area contributed by atoms with Crippen LogP contribution in [-0.4, -0.2) is 60.0 Å². The van der Waals surface area contributed by atoms with Gasteiger partial charge >= 0.3 is 0 Å². The zero-order valence-corrected chi connectivity index (χ0v) is 11.9. The molecule has 1 aliphatic heterocycles. The number of rotatable bonds is 3. The number of nitriles is 1. The smallest absolute Gasteiger partial charge is 0.237 e. The molecule has 1 N–H and O–H groups in total. The van der Waals surface area contributed by atoms with Crippen LogP contribution >= 0.6 is 0 Å². The monoisotopic (exact) mass is 252 g/mol. The van der Waals surface area contributed by atoms with Crippen LogP contribution in [0.3, 0.4) is 0 Å².